The lowest BCUT2D eigenvalue weighted by Crippen LogP contribution is -2.09. The van der Waals surface area contributed by atoms with Gasteiger partial charge in [0.05, 0.1) is 7.11 Å². The Hall–Kier alpha value is -1.83. The van der Waals surface area contributed by atoms with Crippen molar-refractivity contribution in [2.45, 2.75) is 12.7 Å². The zero-order valence-electron chi connectivity index (χ0n) is 10.9. The summed E-state index contributed by atoms with van der Waals surface area (Å²) in [5.74, 6) is 1.03. The number of methoxy groups -OCH3 is 1. The van der Waals surface area contributed by atoms with Crippen molar-refractivity contribution in [3.05, 3.63) is 46.3 Å². The van der Waals surface area contributed by atoms with Crippen molar-refractivity contribution in [2.75, 3.05) is 12.4 Å². The summed E-state index contributed by atoms with van der Waals surface area (Å²) >= 11 is 3.27. The van der Waals surface area contributed by atoms with Crippen molar-refractivity contribution in [1.29, 1.82) is 0 Å². The summed E-state index contributed by atoms with van der Waals surface area (Å²) in [6, 6.07) is 4.05. The number of nitrogens with one attached hydrogen (secondary N) is 1. The minimum Gasteiger partial charge on any atom is -0.493 e. The first-order chi connectivity index (χ1) is 9.90. The average molecular weight is 362 g/mol. The van der Waals surface area contributed by atoms with Gasteiger partial charge in [-0.2, -0.15) is 13.2 Å². The predicted molar refractivity (Wildman–Crippen MR) is 75.1 cm³/mol. The Morgan fingerprint density at radius 2 is 2.00 bits per heavy atom. The van der Waals surface area contributed by atoms with Gasteiger partial charge in [-0.05, 0) is 33.6 Å². The van der Waals surface area contributed by atoms with Crippen LogP contribution in [0.4, 0.5) is 19.0 Å². The Morgan fingerprint density at radius 1 is 1.24 bits per heavy atom. The molecule has 8 heteroatoms. The van der Waals surface area contributed by atoms with E-state index < -0.39 is 11.9 Å². The van der Waals surface area contributed by atoms with Crippen molar-refractivity contribution in [2.24, 2.45) is 0 Å². The SMILES string of the molecule is COc1cc(Br)cnc1NCc1ccc(C(F)(F)F)nc1. The van der Waals surface area contributed by atoms with Crippen LogP contribution in [0.2, 0.25) is 0 Å². The van der Waals surface area contributed by atoms with E-state index in [1.165, 1.54) is 19.4 Å². The molecule has 0 saturated heterocycles. The summed E-state index contributed by atoms with van der Waals surface area (Å²) in [4.78, 5) is 7.53. The van der Waals surface area contributed by atoms with Gasteiger partial charge in [-0.25, -0.2) is 4.98 Å². The second-order valence-corrected chi connectivity index (χ2v) is 5.02. The number of aromatic nitrogens is 2. The lowest BCUT2D eigenvalue weighted by atomic mass is 10.2. The summed E-state index contributed by atoms with van der Waals surface area (Å²) < 4.78 is 43.1. The molecular formula is C13H11BrF3N3O. The number of hydrogen-bond donors (Lipinski definition) is 1. The molecule has 0 fully saturated rings. The van der Waals surface area contributed by atoms with Crippen LogP contribution >= 0.6 is 15.9 Å². The predicted octanol–water partition coefficient (Wildman–Crippen LogP) is 3.88. The molecule has 0 aliphatic rings. The second-order valence-electron chi connectivity index (χ2n) is 4.11. The number of rotatable bonds is 4. The van der Waals surface area contributed by atoms with Crippen LogP contribution in [0.5, 0.6) is 5.75 Å². The number of alkyl halides is 3. The van der Waals surface area contributed by atoms with Gasteiger partial charge < -0.3 is 10.1 Å². The van der Waals surface area contributed by atoms with Crippen LogP contribution in [-0.4, -0.2) is 17.1 Å². The maximum absolute atomic E-state index is 12.4. The number of halogens is 4. The minimum absolute atomic E-state index is 0.288. The van der Waals surface area contributed by atoms with Gasteiger partial charge in [-0.1, -0.05) is 6.07 Å². The van der Waals surface area contributed by atoms with E-state index in [-0.39, 0.29) is 6.54 Å². The number of anilines is 1. The molecule has 0 aliphatic carbocycles. The van der Waals surface area contributed by atoms with Crippen molar-refractivity contribution in [3.63, 3.8) is 0 Å². The Labute approximate surface area is 127 Å². The normalized spacial score (nSPS) is 11.3. The molecule has 0 amide bonds. The first-order valence-corrected chi connectivity index (χ1v) is 6.65. The standard InChI is InChI=1S/C13H11BrF3N3O/c1-21-10-4-9(14)7-20-12(10)19-6-8-2-3-11(18-5-8)13(15,16)17/h2-5,7H,6H2,1H3,(H,19,20). The Bertz CT molecular complexity index is 617. The van der Waals surface area contributed by atoms with E-state index in [1.54, 1.807) is 12.3 Å². The number of hydrogen-bond acceptors (Lipinski definition) is 4. The molecule has 0 spiro atoms. The second kappa shape index (κ2) is 6.30. The average Bonchev–Trinajstić information content (AvgIpc) is 2.45. The fourth-order valence-corrected chi connectivity index (χ4v) is 1.90. The summed E-state index contributed by atoms with van der Waals surface area (Å²) in [6.45, 7) is 0.288. The first-order valence-electron chi connectivity index (χ1n) is 5.85. The van der Waals surface area contributed by atoms with Gasteiger partial charge in [0.2, 0.25) is 0 Å². The van der Waals surface area contributed by atoms with Gasteiger partial charge in [0.25, 0.3) is 0 Å². The van der Waals surface area contributed by atoms with Crippen molar-refractivity contribution >= 4 is 21.7 Å². The van der Waals surface area contributed by atoms with Gasteiger partial charge in [0.15, 0.2) is 11.6 Å². The zero-order chi connectivity index (χ0) is 15.5. The highest BCUT2D eigenvalue weighted by atomic mass is 79.9. The molecule has 112 valence electrons. The summed E-state index contributed by atoms with van der Waals surface area (Å²) in [7, 11) is 1.51. The Kier molecular flexibility index (Phi) is 4.66. The van der Waals surface area contributed by atoms with Crippen LogP contribution in [0.1, 0.15) is 11.3 Å². The fraction of sp³-hybridized carbons (Fsp3) is 0.231. The third-order valence-electron chi connectivity index (χ3n) is 2.61. The van der Waals surface area contributed by atoms with Crippen LogP contribution in [0.3, 0.4) is 0 Å². The van der Waals surface area contributed by atoms with E-state index in [2.05, 4.69) is 31.2 Å². The van der Waals surface area contributed by atoms with E-state index in [1.807, 2.05) is 0 Å². The summed E-state index contributed by atoms with van der Waals surface area (Å²) in [5, 5.41) is 2.99. The lowest BCUT2D eigenvalue weighted by Gasteiger charge is -2.11. The molecule has 2 aromatic rings. The van der Waals surface area contributed by atoms with Gasteiger partial charge in [0, 0.05) is 23.4 Å². The Balaban J connectivity index is 2.07. The molecule has 0 bridgehead atoms. The molecule has 4 nitrogen and oxygen atoms in total. The highest BCUT2D eigenvalue weighted by Gasteiger charge is 2.31. The maximum atomic E-state index is 12.4. The van der Waals surface area contributed by atoms with E-state index in [0.29, 0.717) is 17.1 Å². The molecule has 1 N–H and O–H groups in total. The smallest absolute Gasteiger partial charge is 0.433 e. The summed E-state index contributed by atoms with van der Waals surface area (Å²) in [6.07, 6.45) is -1.65. The van der Waals surface area contributed by atoms with Gasteiger partial charge in [-0.15, -0.1) is 0 Å². The highest BCUT2D eigenvalue weighted by molar-refractivity contribution is 9.10. The van der Waals surface area contributed by atoms with Crippen LogP contribution in [0, 0.1) is 0 Å². The van der Waals surface area contributed by atoms with Crippen molar-refractivity contribution in [1.82, 2.24) is 9.97 Å². The first kappa shape index (κ1) is 15.6. The number of pyridine rings is 2. The van der Waals surface area contributed by atoms with Gasteiger partial charge >= 0.3 is 6.18 Å². The van der Waals surface area contributed by atoms with Crippen molar-refractivity contribution in [3.8, 4) is 5.75 Å². The van der Waals surface area contributed by atoms with Crippen molar-refractivity contribution < 1.29 is 17.9 Å². The third kappa shape index (κ3) is 4.07. The number of nitrogens with zero attached hydrogens (tertiary/aromatic N) is 2. The van der Waals surface area contributed by atoms with E-state index >= 15 is 0 Å². The largest absolute Gasteiger partial charge is 0.493 e. The lowest BCUT2D eigenvalue weighted by molar-refractivity contribution is -0.141. The van der Waals surface area contributed by atoms with E-state index in [9.17, 15) is 13.2 Å². The fourth-order valence-electron chi connectivity index (χ4n) is 1.59. The molecule has 0 atom stereocenters. The molecule has 0 radical (unpaired) electrons. The Morgan fingerprint density at radius 3 is 2.57 bits per heavy atom. The van der Waals surface area contributed by atoms with Gasteiger partial charge in [0.1, 0.15) is 5.69 Å². The van der Waals surface area contributed by atoms with Crippen LogP contribution in [0.15, 0.2) is 35.1 Å². The van der Waals surface area contributed by atoms with E-state index in [4.69, 9.17) is 4.74 Å². The highest BCUT2D eigenvalue weighted by Crippen LogP contribution is 2.28. The number of ether oxygens (including phenoxy) is 1. The molecule has 2 aromatic heterocycles. The maximum Gasteiger partial charge on any atom is 0.433 e. The molecule has 0 aromatic carbocycles. The summed E-state index contributed by atoms with van der Waals surface area (Å²) in [5.41, 5.74) is -0.305. The zero-order valence-corrected chi connectivity index (χ0v) is 12.5. The van der Waals surface area contributed by atoms with Crippen LogP contribution in [0.25, 0.3) is 0 Å². The molecule has 2 heterocycles. The quantitative estimate of drug-likeness (QED) is 0.897. The van der Waals surface area contributed by atoms with E-state index in [0.717, 1.165) is 10.5 Å². The molecule has 0 aliphatic heterocycles. The van der Waals surface area contributed by atoms with Gasteiger partial charge in [-0.3, -0.25) is 4.98 Å². The molecule has 0 unspecified atom stereocenters. The topological polar surface area (TPSA) is 47.0 Å². The monoisotopic (exact) mass is 361 g/mol. The molecule has 0 saturated carbocycles. The molecule has 21 heavy (non-hydrogen) atoms. The molecular weight excluding hydrogens is 351 g/mol. The van der Waals surface area contributed by atoms with Crippen LogP contribution in [-0.2, 0) is 12.7 Å². The molecule has 2 rings (SSSR count). The third-order valence-corrected chi connectivity index (χ3v) is 3.05. The van der Waals surface area contributed by atoms with Crippen LogP contribution < -0.4 is 10.1 Å². The minimum atomic E-state index is -4.43.